The number of esters is 2. The highest BCUT2D eigenvalue weighted by atomic mass is 16.7. The first-order chi connectivity index (χ1) is 14.4. The van der Waals surface area contributed by atoms with Crippen LogP contribution in [0.25, 0.3) is 0 Å². The second-order valence-electron chi connectivity index (χ2n) is 8.06. The zero-order valence-corrected chi connectivity index (χ0v) is 20.4. The minimum Gasteiger partial charge on any atom is -0.465 e. The van der Waals surface area contributed by atoms with Crippen molar-refractivity contribution in [2.75, 3.05) is 26.3 Å². The van der Waals surface area contributed by atoms with Crippen molar-refractivity contribution in [2.45, 2.75) is 105 Å². The minimum absolute atomic E-state index is 0.120. The van der Waals surface area contributed by atoms with E-state index in [0.717, 1.165) is 51.4 Å². The number of rotatable bonds is 19. The van der Waals surface area contributed by atoms with Gasteiger partial charge in [0.2, 0.25) is 0 Å². The Morgan fingerprint density at radius 1 is 0.767 bits per heavy atom. The molecule has 0 aliphatic rings. The van der Waals surface area contributed by atoms with Gasteiger partial charge in [0.25, 0.3) is 0 Å². The molecule has 0 radical (unpaired) electrons. The van der Waals surface area contributed by atoms with Crippen LogP contribution in [0.1, 0.15) is 99.3 Å². The number of hydrogen-bond donors (Lipinski definition) is 0. The van der Waals surface area contributed by atoms with Crippen LogP contribution in [0.15, 0.2) is 0 Å². The molecule has 0 amide bonds. The second kappa shape index (κ2) is 18.6. The van der Waals surface area contributed by atoms with Gasteiger partial charge in [-0.05, 0) is 24.7 Å². The molecule has 0 bridgehead atoms. The monoisotopic (exact) mass is 429 g/mol. The predicted molar refractivity (Wildman–Crippen MR) is 121 cm³/mol. The normalized spacial score (nSPS) is 14.4. The average Bonchev–Trinajstić information content (AvgIpc) is 2.76. The number of carbonyl (C=O) groups is 2. The molecule has 0 fully saturated rings. The van der Waals surface area contributed by atoms with Gasteiger partial charge in [0.15, 0.2) is 6.10 Å². The van der Waals surface area contributed by atoms with E-state index >= 15 is 0 Å². The summed E-state index contributed by atoms with van der Waals surface area (Å²) < 4.78 is 11.0. The zero-order chi connectivity index (χ0) is 22.8. The van der Waals surface area contributed by atoms with Crippen LogP contribution in [-0.2, 0) is 23.9 Å². The van der Waals surface area contributed by atoms with Crippen molar-refractivity contribution in [1.29, 1.82) is 0 Å². The molecule has 0 saturated heterocycles. The smallest absolute Gasteiger partial charge is 0.338 e. The Morgan fingerprint density at radius 3 is 1.70 bits per heavy atom. The Hall–Kier alpha value is -1.14. The molecule has 0 aliphatic heterocycles. The molecule has 0 rings (SSSR count). The molecule has 0 aromatic rings. The highest BCUT2D eigenvalue weighted by molar-refractivity contribution is 5.81. The lowest BCUT2D eigenvalue weighted by molar-refractivity contribution is -0.215. The Balaban J connectivity index is 4.81. The first kappa shape index (κ1) is 28.9. The van der Waals surface area contributed by atoms with Crippen molar-refractivity contribution < 1.29 is 23.9 Å². The maximum Gasteiger partial charge on any atom is 0.338 e. The van der Waals surface area contributed by atoms with Crippen LogP contribution in [0.2, 0.25) is 0 Å². The molecule has 30 heavy (non-hydrogen) atoms. The lowest BCUT2D eigenvalue weighted by Crippen LogP contribution is -2.38. The molecule has 0 heterocycles. The summed E-state index contributed by atoms with van der Waals surface area (Å²) in [4.78, 5) is 30.9. The van der Waals surface area contributed by atoms with E-state index in [1.807, 2.05) is 13.8 Å². The van der Waals surface area contributed by atoms with Gasteiger partial charge in [0.1, 0.15) is 0 Å². The lowest BCUT2D eigenvalue weighted by atomic mass is 10.0. The van der Waals surface area contributed by atoms with Gasteiger partial charge < -0.3 is 9.47 Å². The molecule has 3 unspecified atom stereocenters. The van der Waals surface area contributed by atoms with Crippen molar-refractivity contribution in [3.05, 3.63) is 0 Å². The number of hydrogen-bond acceptors (Lipinski definition) is 6. The van der Waals surface area contributed by atoms with Crippen molar-refractivity contribution >= 4 is 11.9 Å². The third-order valence-electron chi connectivity index (χ3n) is 5.62. The summed E-state index contributed by atoms with van der Waals surface area (Å²) in [6.07, 6.45) is 7.47. The molecule has 0 aliphatic carbocycles. The van der Waals surface area contributed by atoms with Gasteiger partial charge in [-0.25, -0.2) is 4.79 Å². The van der Waals surface area contributed by atoms with Gasteiger partial charge in [-0.15, -0.1) is 0 Å². The fourth-order valence-electron chi connectivity index (χ4n) is 3.23. The number of unbranched alkanes of at least 4 members (excludes halogenated alkanes) is 2. The van der Waals surface area contributed by atoms with Gasteiger partial charge in [-0.1, -0.05) is 80.1 Å². The maximum absolute atomic E-state index is 12.7. The molecule has 0 aromatic heterocycles. The van der Waals surface area contributed by atoms with Crippen LogP contribution in [-0.4, -0.2) is 49.4 Å². The summed E-state index contributed by atoms with van der Waals surface area (Å²) in [5.74, 6) is -0.172. The van der Waals surface area contributed by atoms with Crippen LogP contribution in [0.4, 0.5) is 0 Å². The molecular weight excluding hydrogens is 382 g/mol. The summed E-state index contributed by atoms with van der Waals surface area (Å²) in [5, 5.41) is 1.67. The highest BCUT2D eigenvalue weighted by Gasteiger charge is 2.28. The summed E-state index contributed by atoms with van der Waals surface area (Å²) in [6, 6.07) is 0. The molecule has 6 heteroatoms. The van der Waals surface area contributed by atoms with Gasteiger partial charge in [-0.2, -0.15) is 5.06 Å². The summed E-state index contributed by atoms with van der Waals surface area (Å²) in [7, 11) is 0. The molecule has 0 spiro atoms. The van der Waals surface area contributed by atoms with Crippen LogP contribution in [0.5, 0.6) is 0 Å². The summed E-state index contributed by atoms with van der Waals surface area (Å²) in [6.45, 7) is 14.4. The van der Waals surface area contributed by atoms with Crippen LogP contribution in [0.3, 0.4) is 0 Å². The van der Waals surface area contributed by atoms with Gasteiger partial charge in [0.05, 0.1) is 19.6 Å². The number of hydroxylamine groups is 2. The van der Waals surface area contributed by atoms with Crippen molar-refractivity contribution in [3.63, 3.8) is 0 Å². The van der Waals surface area contributed by atoms with E-state index in [1.54, 1.807) is 5.06 Å². The number of ether oxygens (including phenoxy) is 2. The van der Waals surface area contributed by atoms with Gasteiger partial charge in [0, 0.05) is 13.1 Å². The largest absolute Gasteiger partial charge is 0.465 e. The van der Waals surface area contributed by atoms with E-state index in [-0.39, 0.29) is 6.42 Å². The third kappa shape index (κ3) is 13.2. The molecule has 0 N–H and O–H groups in total. The first-order valence-electron chi connectivity index (χ1n) is 12.2. The standard InChI is InChI=1S/C24H47NO5/c1-7-13-15-20(9-3)18-28-23(26)17-22(30-25(11-5)12-6)24(27)29-19-21(10-4)16-14-8-2/h20-22H,7-19H2,1-6H3. The van der Waals surface area contributed by atoms with E-state index in [2.05, 4.69) is 27.7 Å². The fourth-order valence-corrected chi connectivity index (χ4v) is 3.23. The number of carbonyl (C=O) groups excluding carboxylic acids is 2. The topological polar surface area (TPSA) is 65.1 Å². The van der Waals surface area contributed by atoms with Crippen molar-refractivity contribution in [2.24, 2.45) is 11.8 Å². The van der Waals surface area contributed by atoms with E-state index in [0.29, 0.717) is 38.1 Å². The first-order valence-corrected chi connectivity index (χ1v) is 12.2. The minimum atomic E-state index is -0.961. The summed E-state index contributed by atoms with van der Waals surface area (Å²) >= 11 is 0. The number of nitrogens with zero attached hydrogens (tertiary/aromatic N) is 1. The molecule has 0 saturated carbocycles. The molecule has 178 valence electrons. The van der Waals surface area contributed by atoms with E-state index < -0.39 is 18.0 Å². The van der Waals surface area contributed by atoms with Crippen molar-refractivity contribution in [3.8, 4) is 0 Å². The SMILES string of the molecule is CCCCC(CC)COC(=O)CC(ON(CC)CC)C(=O)OCC(CC)CCCC. The van der Waals surface area contributed by atoms with Crippen LogP contribution in [0, 0.1) is 11.8 Å². The Kier molecular flexibility index (Phi) is 17.9. The quantitative estimate of drug-likeness (QED) is 0.198. The Morgan fingerprint density at radius 2 is 1.27 bits per heavy atom. The predicted octanol–water partition coefficient (Wildman–Crippen LogP) is 5.54. The average molecular weight is 430 g/mol. The van der Waals surface area contributed by atoms with E-state index in [9.17, 15) is 9.59 Å². The summed E-state index contributed by atoms with van der Waals surface area (Å²) in [5.41, 5.74) is 0. The Bertz CT molecular complexity index is 439. The highest BCUT2D eigenvalue weighted by Crippen LogP contribution is 2.16. The molecular formula is C24H47NO5. The van der Waals surface area contributed by atoms with Crippen molar-refractivity contribution in [1.82, 2.24) is 5.06 Å². The van der Waals surface area contributed by atoms with Crippen LogP contribution < -0.4 is 0 Å². The zero-order valence-electron chi connectivity index (χ0n) is 20.4. The lowest BCUT2D eigenvalue weighted by Gasteiger charge is -2.25. The maximum atomic E-state index is 12.7. The molecule has 0 aromatic carbocycles. The van der Waals surface area contributed by atoms with Gasteiger partial charge in [-0.3, -0.25) is 9.63 Å². The second-order valence-corrected chi connectivity index (χ2v) is 8.06. The fraction of sp³-hybridized carbons (Fsp3) is 0.917. The molecule has 6 nitrogen and oxygen atoms in total. The van der Waals surface area contributed by atoms with Crippen LogP contribution >= 0.6 is 0 Å². The van der Waals surface area contributed by atoms with E-state index in [4.69, 9.17) is 14.3 Å². The van der Waals surface area contributed by atoms with E-state index in [1.165, 1.54) is 0 Å². The Labute approximate surface area is 185 Å². The van der Waals surface area contributed by atoms with Gasteiger partial charge >= 0.3 is 11.9 Å². The third-order valence-corrected chi connectivity index (χ3v) is 5.62. The molecule has 3 atom stereocenters.